The molecule has 1 aromatic rings. The van der Waals surface area contributed by atoms with E-state index in [4.69, 9.17) is 17.3 Å². The van der Waals surface area contributed by atoms with E-state index in [1.807, 2.05) is 4.90 Å². The number of benzene rings is 1. The largest absolute Gasteiger partial charge is 0.416 e. The van der Waals surface area contributed by atoms with Crippen LogP contribution < -0.4 is 10.6 Å². The monoisotopic (exact) mass is 375 g/mol. The fourth-order valence-corrected chi connectivity index (χ4v) is 3.86. The van der Waals surface area contributed by atoms with Gasteiger partial charge in [0, 0.05) is 35.8 Å². The lowest BCUT2D eigenvalue weighted by molar-refractivity contribution is -0.137. The van der Waals surface area contributed by atoms with Crippen LogP contribution >= 0.6 is 23.4 Å². The van der Waals surface area contributed by atoms with Crippen molar-refractivity contribution in [1.29, 1.82) is 0 Å². The van der Waals surface area contributed by atoms with Crippen LogP contribution in [-0.4, -0.2) is 31.2 Å². The molecule has 130 valence electrons. The maximum Gasteiger partial charge on any atom is 0.416 e. The molecular weight excluding hydrogens is 359 g/mol. The first-order valence-corrected chi connectivity index (χ1v) is 8.96. The summed E-state index contributed by atoms with van der Waals surface area (Å²) in [6, 6.07) is 2.30. The van der Waals surface area contributed by atoms with E-state index in [1.165, 1.54) is 11.8 Å². The molecule has 0 bridgehead atoms. The van der Waals surface area contributed by atoms with Crippen LogP contribution in [0, 0.1) is 0 Å². The fourth-order valence-electron chi connectivity index (χ4n) is 2.86. The van der Waals surface area contributed by atoms with Crippen molar-refractivity contribution in [2.45, 2.75) is 25.1 Å². The SMILES string of the molecule is NC1CCN(c2c(Cl)cc(C(F)(F)F)cc2C=C2C=NCS2)CC1. The van der Waals surface area contributed by atoms with E-state index in [0.29, 0.717) is 30.2 Å². The van der Waals surface area contributed by atoms with Crippen molar-refractivity contribution < 1.29 is 13.2 Å². The Morgan fingerprint density at radius 1 is 1.29 bits per heavy atom. The maximum atomic E-state index is 13.1. The molecule has 2 heterocycles. The molecule has 3 rings (SSSR count). The predicted molar refractivity (Wildman–Crippen MR) is 94.8 cm³/mol. The van der Waals surface area contributed by atoms with Gasteiger partial charge in [-0.2, -0.15) is 13.2 Å². The Kier molecular flexibility index (Phi) is 5.13. The molecule has 3 nitrogen and oxygen atoms in total. The Labute approximate surface area is 147 Å². The van der Waals surface area contributed by atoms with Gasteiger partial charge in [-0.25, -0.2) is 0 Å². The number of nitrogens with two attached hydrogens (primary N) is 1. The van der Waals surface area contributed by atoms with Gasteiger partial charge in [-0.3, -0.25) is 4.99 Å². The molecule has 0 radical (unpaired) electrons. The average molecular weight is 376 g/mol. The average Bonchev–Trinajstić information content (AvgIpc) is 3.00. The highest BCUT2D eigenvalue weighted by atomic mass is 35.5. The molecule has 24 heavy (non-hydrogen) atoms. The van der Waals surface area contributed by atoms with Crippen LogP contribution in [0.3, 0.4) is 0 Å². The normalized spacial score (nSPS) is 21.0. The van der Waals surface area contributed by atoms with E-state index >= 15 is 0 Å². The number of rotatable bonds is 2. The molecule has 0 atom stereocenters. The summed E-state index contributed by atoms with van der Waals surface area (Å²) in [7, 11) is 0. The van der Waals surface area contributed by atoms with Crippen LogP contribution in [0.2, 0.25) is 5.02 Å². The molecule has 0 amide bonds. The highest BCUT2D eigenvalue weighted by Gasteiger charge is 2.33. The highest BCUT2D eigenvalue weighted by Crippen LogP contribution is 2.40. The van der Waals surface area contributed by atoms with Crippen molar-refractivity contribution in [3.63, 3.8) is 0 Å². The van der Waals surface area contributed by atoms with Crippen molar-refractivity contribution in [1.82, 2.24) is 0 Å². The first-order valence-electron chi connectivity index (χ1n) is 7.60. The van der Waals surface area contributed by atoms with Gasteiger partial charge in [-0.05, 0) is 31.1 Å². The van der Waals surface area contributed by atoms with E-state index < -0.39 is 11.7 Å². The first kappa shape index (κ1) is 17.6. The smallest absolute Gasteiger partial charge is 0.370 e. The van der Waals surface area contributed by atoms with E-state index in [-0.39, 0.29) is 11.1 Å². The lowest BCUT2D eigenvalue weighted by Crippen LogP contribution is -2.40. The molecule has 0 aromatic heterocycles. The summed E-state index contributed by atoms with van der Waals surface area (Å²) in [4.78, 5) is 6.95. The molecule has 0 unspecified atom stereocenters. The summed E-state index contributed by atoms with van der Waals surface area (Å²) in [5.41, 5.74) is 6.30. The number of alkyl halides is 3. The van der Waals surface area contributed by atoms with E-state index in [0.717, 1.165) is 29.9 Å². The summed E-state index contributed by atoms with van der Waals surface area (Å²) in [5.74, 6) is 0.590. The van der Waals surface area contributed by atoms with Crippen LogP contribution in [0.25, 0.3) is 6.08 Å². The van der Waals surface area contributed by atoms with Gasteiger partial charge in [0.05, 0.1) is 22.2 Å². The number of hydrogen-bond donors (Lipinski definition) is 1. The van der Waals surface area contributed by atoms with Gasteiger partial charge < -0.3 is 10.6 Å². The Morgan fingerprint density at radius 2 is 2.00 bits per heavy atom. The zero-order valence-corrected chi connectivity index (χ0v) is 14.4. The molecule has 0 aliphatic carbocycles. The van der Waals surface area contributed by atoms with Gasteiger partial charge in [-0.1, -0.05) is 11.6 Å². The van der Waals surface area contributed by atoms with E-state index in [9.17, 15) is 13.2 Å². The molecule has 1 saturated heterocycles. The molecule has 2 N–H and O–H groups in total. The Balaban J connectivity index is 2.05. The van der Waals surface area contributed by atoms with E-state index in [1.54, 1.807) is 12.3 Å². The minimum atomic E-state index is -4.43. The number of thioether (sulfide) groups is 1. The van der Waals surface area contributed by atoms with Gasteiger partial charge in [0.25, 0.3) is 0 Å². The number of halogens is 4. The second-order valence-electron chi connectivity index (χ2n) is 5.85. The van der Waals surface area contributed by atoms with Crippen molar-refractivity contribution in [2.75, 3.05) is 23.9 Å². The van der Waals surface area contributed by atoms with E-state index in [2.05, 4.69) is 4.99 Å². The zero-order valence-electron chi connectivity index (χ0n) is 12.8. The minimum absolute atomic E-state index is 0.118. The van der Waals surface area contributed by atoms with Gasteiger partial charge in [0.15, 0.2) is 0 Å². The highest BCUT2D eigenvalue weighted by molar-refractivity contribution is 8.04. The van der Waals surface area contributed by atoms with Gasteiger partial charge in [0.2, 0.25) is 0 Å². The molecule has 1 aromatic carbocycles. The van der Waals surface area contributed by atoms with Crippen LogP contribution in [-0.2, 0) is 6.18 Å². The summed E-state index contributed by atoms with van der Waals surface area (Å²) >= 11 is 7.74. The van der Waals surface area contributed by atoms with Crippen molar-refractivity contribution in [3.8, 4) is 0 Å². The third kappa shape index (κ3) is 3.90. The van der Waals surface area contributed by atoms with Crippen LogP contribution in [0.5, 0.6) is 0 Å². The number of hydrogen-bond acceptors (Lipinski definition) is 4. The number of nitrogens with zero attached hydrogens (tertiary/aromatic N) is 2. The third-order valence-corrected chi connectivity index (χ3v) is 5.22. The Morgan fingerprint density at radius 3 is 2.58 bits per heavy atom. The molecule has 8 heteroatoms. The quantitative estimate of drug-likeness (QED) is 0.832. The summed E-state index contributed by atoms with van der Waals surface area (Å²) in [5, 5.41) is 0.118. The summed E-state index contributed by atoms with van der Waals surface area (Å²) in [6.07, 6.45) is 0.560. The lowest BCUT2D eigenvalue weighted by Gasteiger charge is -2.34. The van der Waals surface area contributed by atoms with Crippen LogP contribution in [0.1, 0.15) is 24.0 Å². The topological polar surface area (TPSA) is 41.6 Å². The predicted octanol–water partition coefficient (Wildman–Crippen LogP) is 4.40. The number of allylic oxidation sites excluding steroid dienone is 1. The zero-order chi connectivity index (χ0) is 17.3. The molecule has 1 fully saturated rings. The van der Waals surface area contributed by atoms with Crippen LogP contribution in [0.15, 0.2) is 22.0 Å². The van der Waals surface area contributed by atoms with Crippen LogP contribution in [0.4, 0.5) is 18.9 Å². The van der Waals surface area contributed by atoms with Gasteiger partial charge in [0.1, 0.15) is 0 Å². The molecule has 2 aliphatic heterocycles. The lowest BCUT2D eigenvalue weighted by atomic mass is 10.0. The maximum absolute atomic E-state index is 13.1. The number of anilines is 1. The van der Waals surface area contributed by atoms with Crippen molar-refractivity contribution >= 4 is 41.3 Å². The van der Waals surface area contributed by atoms with Crippen molar-refractivity contribution in [3.05, 3.63) is 33.2 Å². The van der Waals surface area contributed by atoms with Gasteiger partial charge in [-0.15, -0.1) is 11.8 Å². The molecular formula is C16H17ClF3N3S. The van der Waals surface area contributed by atoms with Crippen molar-refractivity contribution in [2.24, 2.45) is 10.7 Å². The summed E-state index contributed by atoms with van der Waals surface area (Å²) in [6.45, 7) is 1.37. The molecule has 0 spiro atoms. The third-order valence-electron chi connectivity index (χ3n) is 4.10. The number of piperidine rings is 1. The summed E-state index contributed by atoms with van der Waals surface area (Å²) < 4.78 is 39.4. The second-order valence-corrected chi connectivity index (χ2v) is 7.28. The molecule has 2 aliphatic rings. The fraction of sp³-hybridized carbons (Fsp3) is 0.438. The Bertz CT molecular complexity index is 680. The Hall–Kier alpha value is -1.18. The minimum Gasteiger partial charge on any atom is -0.370 e. The second kappa shape index (κ2) is 6.98. The number of aliphatic imine (C=N–C) groups is 1. The standard InChI is InChI=1S/C16H17ClF3N3S/c17-14-7-11(16(18,19)20)5-10(6-13-8-22-9-24-13)15(14)23-3-1-12(21)2-4-23/h5-8,12H,1-4,9,21H2. The molecule has 0 saturated carbocycles. The first-order chi connectivity index (χ1) is 11.3. The van der Waals surface area contributed by atoms with Gasteiger partial charge >= 0.3 is 6.18 Å².